The summed E-state index contributed by atoms with van der Waals surface area (Å²) in [6.45, 7) is 11.1. The van der Waals surface area contributed by atoms with Gasteiger partial charge in [0.25, 0.3) is 0 Å². The Morgan fingerprint density at radius 2 is 1.87 bits per heavy atom. The molecule has 0 spiro atoms. The fourth-order valence-electron chi connectivity index (χ4n) is 3.48. The number of rotatable bonds is 4. The zero-order valence-corrected chi connectivity index (χ0v) is 14.9. The van der Waals surface area contributed by atoms with Crippen molar-refractivity contribution in [2.45, 2.75) is 32.6 Å². The summed E-state index contributed by atoms with van der Waals surface area (Å²) in [5.41, 5.74) is 0. The maximum Gasteiger partial charge on any atom is 0.236 e. The normalized spacial score (nSPS) is 27.3. The number of morpholine rings is 1. The number of nitrogens with zero attached hydrogens (tertiary/aromatic N) is 3. The zero-order valence-electron chi connectivity index (χ0n) is 14.1. The lowest BCUT2D eigenvalue weighted by molar-refractivity contribution is -0.137. The summed E-state index contributed by atoms with van der Waals surface area (Å²) >= 11 is 1.81. The van der Waals surface area contributed by atoms with Gasteiger partial charge in [0.1, 0.15) is 0 Å². The van der Waals surface area contributed by atoms with Crippen LogP contribution >= 0.6 is 11.3 Å². The second-order valence-electron chi connectivity index (χ2n) is 6.69. The van der Waals surface area contributed by atoms with Crippen LogP contribution in [-0.2, 0) is 16.1 Å². The number of carbonyl (C=O) groups excluding carboxylic acids is 1. The highest BCUT2D eigenvalue weighted by atomic mass is 32.1. The Morgan fingerprint density at radius 3 is 2.48 bits per heavy atom. The third kappa shape index (κ3) is 4.76. The van der Waals surface area contributed by atoms with Crippen LogP contribution in [0.25, 0.3) is 0 Å². The summed E-state index contributed by atoms with van der Waals surface area (Å²) in [7, 11) is 0. The minimum atomic E-state index is 0.217. The van der Waals surface area contributed by atoms with Crippen LogP contribution in [0.15, 0.2) is 17.5 Å². The first-order valence-electron chi connectivity index (χ1n) is 8.50. The highest BCUT2D eigenvalue weighted by Gasteiger charge is 2.27. The first kappa shape index (κ1) is 16.9. The molecular weight excluding hydrogens is 310 g/mol. The fraction of sp³-hybridized carbons (Fsp3) is 0.706. The molecule has 2 unspecified atom stereocenters. The molecule has 0 aromatic carbocycles. The van der Waals surface area contributed by atoms with Gasteiger partial charge in [0.05, 0.1) is 18.8 Å². The molecule has 2 saturated heterocycles. The van der Waals surface area contributed by atoms with Crippen LogP contribution in [-0.4, -0.2) is 78.6 Å². The van der Waals surface area contributed by atoms with Crippen molar-refractivity contribution in [1.29, 1.82) is 0 Å². The van der Waals surface area contributed by atoms with Gasteiger partial charge in [-0.1, -0.05) is 6.07 Å². The summed E-state index contributed by atoms with van der Waals surface area (Å²) in [6, 6.07) is 4.28. The van der Waals surface area contributed by atoms with Crippen molar-refractivity contribution in [3.63, 3.8) is 0 Å². The van der Waals surface area contributed by atoms with Gasteiger partial charge in [0.15, 0.2) is 0 Å². The van der Waals surface area contributed by atoms with Gasteiger partial charge >= 0.3 is 0 Å². The molecule has 128 valence electrons. The molecule has 0 bridgehead atoms. The van der Waals surface area contributed by atoms with Crippen LogP contribution in [0.1, 0.15) is 18.7 Å². The smallest absolute Gasteiger partial charge is 0.236 e. The van der Waals surface area contributed by atoms with Crippen LogP contribution in [0.3, 0.4) is 0 Å². The van der Waals surface area contributed by atoms with Gasteiger partial charge in [0, 0.05) is 50.7 Å². The van der Waals surface area contributed by atoms with Gasteiger partial charge in [0.2, 0.25) is 5.91 Å². The molecule has 0 radical (unpaired) electrons. The second kappa shape index (κ2) is 7.75. The molecule has 3 heterocycles. The Balaban J connectivity index is 1.43. The third-order valence-corrected chi connectivity index (χ3v) is 5.40. The van der Waals surface area contributed by atoms with Crippen molar-refractivity contribution >= 4 is 17.2 Å². The van der Waals surface area contributed by atoms with Crippen LogP contribution in [0.5, 0.6) is 0 Å². The molecular formula is C17H27N3O2S. The van der Waals surface area contributed by atoms with Crippen LogP contribution < -0.4 is 0 Å². The van der Waals surface area contributed by atoms with Crippen molar-refractivity contribution < 1.29 is 9.53 Å². The largest absolute Gasteiger partial charge is 0.373 e. The number of piperazine rings is 1. The van der Waals surface area contributed by atoms with Gasteiger partial charge in [-0.3, -0.25) is 14.6 Å². The van der Waals surface area contributed by atoms with Gasteiger partial charge in [-0.15, -0.1) is 11.3 Å². The number of amides is 1. The molecule has 0 saturated carbocycles. The first-order valence-corrected chi connectivity index (χ1v) is 9.38. The Labute approximate surface area is 142 Å². The number of hydrogen-bond donors (Lipinski definition) is 0. The molecule has 6 heteroatoms. The van der Waals surface area contributed by atoms with E-state index in [1.54, 1.807) is 11.3 Å². The molecule has 2 aliphatic heterocycles. The first-order chi connectivity index (χ1) is 11.1. The summed E-state index contributed by atoms with van der Waals surface area (Å²) in [5.74, 6) is 0.266. The Bertz CT molecular complexity index is 490. The molecule has 23 heavy (non-hydrogen) atoms. The molecule has 0 aliphatic carbocycles. The van der Waals surface area contributed by atoms with Gasteiger partial charge in [-0.2, -0.15) is 0 Å². The number of thiophene rings is 1. The Morgan fingerprint density at radius 1 is 1.17 bits per heavy atom. The van der Waals surface area contributed by atoms with Crippen LogP contribution in [0.2, 0.25) is 0 Å². The maximum absolute atomic E-state index is 12.5. The molecule has 1 aromatic rings. The average Bonchev–Trinajstić information content (AvgIpc) is 3.00. The van der Waals surface area contributed by atoms with E-state index < -0.39 is 0 Å². The fourth-order valence-corrected chi connectivity index (χ4v) is 4.23. The van der Waals surface area contributed by atoms with E-state index in [9.17, 15) is 4.79 Å². The van der Waals surface area contributed by atoms with Gasteiger partial charge in [-0.25, -0.2) is 0 Å². The van der Waals surface area contributed by atoms with E-state index >= 15 is 0 Å². The molecule has 1 aromatic heterocycles. The van der Waals surface area contributed by atoms with Crippen molar-refractivity contribution in [1.82, 2.24) is 14.7 Å². The third-order valence-electron chi connectivity index (χ3n) is 4.54. The SMILES string of the molecule is CC1CN(CC(=O)N2CCN(Cc3cccs3)CC2)CC(C)O1. The van der Waals surface area contributed by atoms with E-state index in [0.717, 1.165) is 45.8 Å². The average molecular weight is 337 g/mol. The number of ether oxygens (including phenoxy) is 1. The monoisotopic (exact) mass is 337 g/mol. The van der Waals surface area contributed by atoms with Crippen molar-refractivity contribution in [2.75, 3.05) is 45.8 Å². The Kier molecular flexibility index (Phi) is 5.69. The topological polar surface area (TPSA) is 36.0 Å². The lowest BCUT2D eigenvalue weighted by Crippen LogP contribution is -2.53. The molecule has 1 amide bonds. The number of hydrogen-bond acceptors (Lipinski definition) is 5. The molecule has 3 rings (SSSR count). The van der Waals surface area contributed by atoms with Crippen LogP contribution in [0, 0.1) is 0 Å². The van der Waals surface area contributed by atoms with Crippen LogP contribution in [0.4, 0.5) is 0 Å². The quantitative estimate of drug-likeness (QED) is 0.834. The minimum Gasteiger partial charge on any atom is -0.373 e. The highest BCUT2D eigenvalue weighted by molar-refractivity contribution is 7.09. The number of carbonyl (C=O) groups is 1. The molecule has 2 fully saturated rings. The lowest BCUT2D eigenvalue weighted by Gasteiger charge is -2.38. The van der Waals surface area contributed by atoms with Crippen molar-refractivity contribution in [3.05, 3.63) is 22.4 Å². The molecule has 5 nitrogen and oxygen atoms in total. The lowest BCUT2D eigenvalue weighted by atomic mass is 10.2. The van der Waals surface area contributed by atoms with E-state index in [2.05, 4.69) is 41.2 Å². The minimum absolute atomic E-state index is 0.217. The predicted molar refractivity (Wildman–Crippen MR) is 92.6 cm³/mol. The highest BCUT2D eigenvalue weighted by Crippen LogP contribution is 2.14. The second-order valence-corrected chi connectivity index (χ2v) is 7.72. The van der Waals surface area contributed by atoms with E-state index in [-0.39, 0.29) is 18.1 Å². The Hall–Kier alpha value is -0.950. The molecule has 0 N–H and O–H groups in total. The molecule has 2 aliphatic rings. The van der Waals surface area contributed by atoms with E-state index in [1.807, 2.05) is 4.90 Å². The van der Waals surface area contributed by atoms with Crippen molar-refractivity contribution in [2.24, 2.45) is 0 Å². The van der Waals surface area contributed by atoms with E-state index in [4.69, 9.17) is 4.74 Å². The van der Waals surface area contributed by atoms with Crippen molar-refractivity contribution in [3.8, 4) is 0 Å². The predicted octanol–water partition coefficient (Wildman–Crippen LogP) is 1.50. The summed E-state index contributed by atoms with van der Waals surface area (Å²) in [5, 5.41) is 2.12. The van der Waals surface area contributed by atoms with Gasteiger partial charge in [-0.05, 0) is 25.3 Å². The summed E-state index contributed by atoms with van der Waals surface area (Å²) < 4.78 is 5.74. The summed E-state index contributed by atoms with van der Waals surface area (Å²) in [6.07, 6.45) is 0.434. The maximum atomic E-state index is 12.5. The van der Waals surface area contributed by atoms with E-state index in [1.165, 1.54) is 4.88 Å². The van der Waals surface area contributed by atoms with Gasteiger partial charge < -0.3 is 9.64 Å². The standard InChI is InChI=1S/C17H27N3O2S/c1-14-10-19(11-15(2)22-14)13-17(21)20-7-5-18(6-8-20)12-16-4-3-9-23-16/h3-4,9,14-15H,5-8,10-13H2,1-2H3. The molecule has 2 atom stereocenters. The zero-order chi connectivity index (χ0) is 16.2. The summed E-state index contributed by atoms with van der Waals surface area (Å²) in [4.78, 5) is 20.6. The van der Waals surface area contributed by atoms with E-state index in [0.29, 0.717) is 6.54 Å².